The predicted octanol–water partition coefficient (Wildman–Crippen LogP) is 3.25. The molecule has 3 aliphatic heterocycles. The Morgan fingerprint density at radius 2 is 1.19 bits per heavy atom. The van der Waals surface area contributed by atoms with Crippen LogP contribution in [0.3, 0.4) is 0 Å². The van der Waals surface area contributed by atoms with Crippen molar-refractivity contribution < 1.29 is 62.3 Å². The molecule has 3 aliphatic rings. The van der Waals surface area contributed by atoms with E-state index in [0.29, 0.717) is 54.1 Å². The molecule has 3 fully saturated rings. The van der Waals surface area contributed by atoms with Crippen LogP contribution in [0.15, 0.2) is 78.9 Å². The van der Waals surface area contributed by atoms with E-state index in [0.717, 1.165) is 23.2 Å². The molecule has 0 bridgehead atoms. The van der Waals surface area contributed by atoms with Gasteiger partial charge >= 0.3 is 0 Å². The number of ether oxygens (including phenoxy) is 1. The third-order valence-electron chi connectivity index (χ3n) is 18.7. The summed E-state index contributed by atoms with van der Waals surface area (Å²) in [4.78, 5) is 188. The molecule has 3 N–H and O–H groups in total. The Hall–Kier alpha value is -7.72. The molecule has 27 heteroatoms. The lowest BCUT2D eigenvalue weighted by Crippen LogP contribution is -2.60. The van der Waals surface area contributed by atoms with E-state index in [4.69, 9.17) is 16.3 Å². The van der Waals surface area contributed by atoms with Gasteiger partial charge in [0.15, 0.2) is 0 Å². The molecule has 530 valence electrons. The van der Waals surface area contributed by atoms with Crippen molar-refractivity contribution in [1.82, 2.24) is 60.0 Å². The van der Waals surface area contributed by atoms with Gasteiger partial charge in [-0.3, -0.25) is 57.5 Å². The number of rotatable bonds is 13. The Bertz CT molecular complexity index is 3300. The molecule has 6 rings (SSSR count). The maximum absolute atomic E-state index is 15.6. The number of carbonyl (C=O) groups excluding carboxylic acids is 12. The van der Waals surface area contributed by atoms with Gasteiger partial charge in [-0.25, -0.2) is 0 Å². The number of amides is 12. The zero-order valence-electron chi connectivity index (χ0n) is 58.3. The van der Waals surface area contributed by atoms with Crippen LogP contribution in [-0.4, -0.2) is 265 Å². The van der Waals surface area contributed by atoms with Crippen molar-refractivity contribution in [2.24, 2.45) is 11.8 Å². The zero-order chi connectivity index (χ0) is 71.7. The van der Waals surface area contributed by atoms with Gasteiger partial charge in [-0.05, 0) is 108 Å². The van der Waals surface area contributed by atoms with E-state index in [2.05, 4.69) is 38.5 Å². The third kappa shape index (κ3) is 21.1. The number of fused-ring (bicyclic) bond motifs is 1. The summed E-state index contributed by atoms with van der Waals surface area (Å²) in [6.07, 6.45) is 0.457. The van der Waals surface area contributed by atoms with Crippen LogP contribution in [0.2, 0.25) is 5.02 Å². The Morgan fingerprint density at radius 3 is 1.79 bits per heavy atom. The molecule has 3 aromatic carbocycles. The molecule has 3 heterocycles. The van der Waals surface area contributed by atoms with Crippen LogP contribution in [0.4, 0.5) is 0 Å². The second kappa shape index (κ2) is 36.2. The van der Waals surface area contributed by atoms with Gasteiger partial charge in [0.25, 0.3) is 0 Å². The van der Waals surface area contributed by atoms with E-state index in [-0.39, 0.29) is 51.2 Å². The predicted molar refractivity (Wildman–Crippen MR) is 374 cm³/mol. The number of nitrogens with zero attached hydrogens (tertiary/aromatic N) is 9. The fourth-order valence-electron chi connectivity index (χ4n) is 12.4. The first-order valence-corrected chi connectivity index (χ1v) is 34.7. The van der Waals surface area contributed by atoms with E-state index >= 15 is 19.2 Å². The van der Waals surface area contributed by atoms with Crippen molar-refractivity contribution in [3.05, 3.63) is 104 Å². The number of likely N-dealkylation sites (tertiary alicyclic amines) is 1. The molecule has 12 amide bonds. The van der Waals surface area contributed by atoms with Gasteiger partial charge in [0.1, 0.15) is 48.3 Å². The third-order valence-corrected chi connectivity index (χ3v) is 19.6. The number of hydrogen-bond donors (Lipinski definition) is 3. The monoisotopic (exact) mass is 1480 g/mol. The van der Waals surface area contributed by atoms with Gasteiger partial charge < -0.3 is 64.8 Å². The Balaban J connectivity index is 1.45. The van der Waals surface area contributed by atoms with Gasteiger partial charge in [0.2, 0.25) is 70.9 Å². The second-order valence-electron chi connectivity index (χ2n) is 26.4. The summed E-state index contributed by atoms with van der Waals surface area (Å²) in [5.41, 5.74) is 1.93. The van der Waals surface area contributed by atoms with Crippen molar-refractivity contribution in [2.75, 3.05) is 95.2 Å². The first-order chi connectivity index (χ1) is 45.8. The molecule has 0 radical (unpaired) electrons. The average Bonchev–Trinajstić information content (AvgIpc) is 1.74. The Morgan fingerprint density at radius 1 is 0.598 bits per heavy atom. The van der Waals surface area contributed by atoms with Gasteiger partial charge in [0.05, 0.1) is 32.2 Å². The fourth-order valence-corrected chi connectivity index (χ4v) is 13.1. The van der Waals surface area contributed by atoms with Crippen molar-refractivity contribution >= 4 is 105 Å². The Labute approximate surface area is 589 Å². The van der Waals surface area contributed by atoms with Crippen molar-refractivity contribution in [2.45, 2.75) is 154 Å². The number of halogens is 2. The quantitative estimate of drug-likeness (QED) is 0.208. The maximum atomic E-state index is 15.6. The highest BCUT2D eigenvalue weighted by Crippen LogP contribution is 2.28. The molecule has 0 aliphatic carbocycles. The number of hydrogen-bond acceptors (Lipinski definition) is 13. The first kappa shape index (κ1) is 78.3. The standard InChI is InChI=1S/C70H98ClIN12O13/c1-14-44(5)62-70(96)78(9)41-60(87)76(7)42-61(88)80(11)55(36-47-26-28-49(71)29-27-47)67(93)77(8)40-58(85)73-52(34-48-24-21-25-50(72)33-48)66(92)84-39-51(97-15-2)37-57(84)69(95)82(13)56(35-46-22-17-16-18-23-46)68(94)81(12)54(32-43(3)4)64(90)74-53(65(91)83-30-19-20-31-83)38-59(86)79(10)45(6)63(89)75-62/h16-18,21-29,33,43-45,51-57,62H,14-15,19-20,30-32,34-42H2,1-13H3,(H,73,85)(H,74,90)(H,75,89)/t44-,45-,51+,52-,53-,54-,55-,56-,57-,62-/m0/s1. The molecule has 0 saturated carbocycles. The smallest absolute Gasteiger partial charge is 0.246 e. The molecule has 97 heavy (non-hydrogen) atoms. The zero-order valence-corrected chi connectivity index (χ0v) is 61.2. The van der Waals surface area contributed by atoms with Gasteiger partial charge in [0, 0.05) is 110 Å². The van der Waals surface area contributed by atoms with E-state index in [1.54, 1.807) is 85.5 Å². The minimum Gasteiger partial charge on any atom is -0.377 e. The molecule has 0 aromatic heterocycles. The molecule has 25 nitrogen and oxygen atoms in total. The summed E-state index contributed by atoms with van der Waals surface area (Å²) < 4.78 is 6.96. The average molecular weight is 1480 g/mol. The van der Waals surface area contributed by atoms with Gasteiger partial charge in [-0.2, -0.15) is 0 Å². The van der Waals surface area contributed by atoms with E-state index in [1.807, 2.05) is 32.9 Å². The maximum Gasteiger partial charge on any atom is 0.246 e. The summed E-state index contributed by atoms with van der Waals surface area (Å²) in [6, 6.07) is 12.6. The molecule has 3 saturated heterocycles. The molecule has 3 aromatic rings. The van der Waals surface area contributed by atoms with Crippen LogP contribution in [0.25, 0.3) is 0 Å². The van der Waals surface area contributed by atoms with E-state index in [9.17, 15) is 38.4 Å². The van der Waals surface area contributed by atoms with E-state index < -0.39 is 157 Å². The summed E-state index contributed by atoms with van der Waals surface area (Å²) in [5.74, 6) is -8.79. The summed E-state index contributed by atoms with van der Waals surface area (Å²) >= 11 is 8.39. The fraction of sp³-hybridized carbons (Fsp3) is 0.571. The summed E-state index contributed by atoms with van der Waals surface area (Å²) in [5, 5.41) is 8.92. The topological polar surface area (TPSA) is 279 Å². The number of nitrogens with one attached hydrogen (secondary N) is 3. The van der Waals surface area contributed by atoms with Crippen LogP contribution < -0.4 is 16.0 Å². The van der Waals surface area contributed by atoms with Crippen LogP contribution >= 0.6 is 34.2 Å². The lowest BCUT2D eigenvalue weighted by atomic mass is 9.97. The SMILES string of the molecule is CCO[C@@H]1C[C@H]2C(=O)N(C)[C@@H](Cc3ccccc3)C(=O)N(C)[C@@H](CC(C)C)C(=O)N[C@H](C(=O)N3CCCC3)CC(=O)N(C)[C@@H](C)C(=O)N[C@@H]([C@@H](C)CC)C(=O)N(C)CC(=O)N(C)CC(=O)N(C)[C@@H](Cc3ccc(Cl)cc3)C(=O)N(C)CC(=O)N[C@@H](Cc3cccc(I)c3)C(=O)N2C1. The molecule has 10 atom stereocenters. The minimum absolute atomic E-state index is 0.00859. The minimum atomic E-state index is -1.46. The van der Waals surface area contributed by atoms with Crippen molar-refractivity contribution in [3.63, 3.8) is 0 Å². The van der Waals surface area contributed by atoms with Gasteiger partial charge in [-0.1, -0.05) is 100 Å². The van der Waals surface area contributed by atoms with Crippen molar-refractivity contribution in [3.8, 4) is 0 Å². The van der Waals surface area contributed by atoms with E-state index in [1.165, 1.54) is 75.9 Å². The highest BCUT2D eigenvalue weighted by atomic mass is 127. The van der Waals surface area contributed by atoms with Crippen LogP contribution in [-0.2, 0) is 81.5 Å². The van der Waals surface area contributed by atoms with Crippen LogP contribution in [0, 0.1) is 15.4 Å². The van der Waals surface area contributed by atoms with Crippen LogP contribution in [0.5, 0.6) is 0 Å². The second-order valence-corrected chi connectivity index (χ2v) is 28.0. The Kier molecular flexibility index (Phi) is 29.2. The largest absolute Gasteiger partial charge is 0.377 e. The number of carbonyl (C=O) groups is 12. The normalized spacial score (nSPS) is 25.0. The first-order valence-electron chi connectivity index (χ1n) is 33.3. The highest BCUT2D eigenvalue weighted by Gasteiger charge is 2.47. The number of likely N-dealkylation sites (N-methyl/N-ethyl adjacent to an activating group) is 7. The van der Waals surface area contributed by atoms with Gasteiger partial charge in [-0.15, -0.1) is 0 Å². The highest BCUT2D eigenvalue weighted by molar-refractivity contribution is 14.1. The number of benzene rings is 3. The molecule has 0 spiro atoms. The molecule has 0 unspecified atom stereocenters. The summed E-state index contributed by atoms with van der Waals surface area (Å²) in [6.45, 7) is 9.69. The molecular formula is C70H98ClIN12O13. The van der Waals surface area contributed by atoms with Crippen molar-refractivity contribution in [1.29, 1.82) is 0 Å². The lowest BCUT2D eigenvalue weighted by Gasteiger charge is -2.38. The van der Waals surface area contributed by atoms with Crippen LogP contribution in [0.1, 0.15) is 96.8 Å². The lowest BCUT2D eigenvalue weighted by molar-refractivity contribution is -0.152. The summed E-state index contributed by atoms with van der Waals surface area (Å²) in [7, 11) is 9.78. The molecular weight excluding hydrogens is 1380 g/mol.